The van der Waals surface area contributed by atoms with Crippen LogP contribution in [0.15, 0.2) is 22.4 Å². The monoisotopic (exact) mass is 244 g/mol. The molecule has 0 saturated carbocycles. The van der Waals surface area contributed by atoms with Gasteiger partial charge in [0.2, 0.25) is 0 Å². The smallest absolute Gasteiger partial charge is 0.0791 e. The minimum atomic E-state index is -1.22. The molecule has 1 rings (SSSR count). The lowest BCUT2D eigenvalue weighted by Gasteiger charge is -2.22. The summed E-state index contributed by atoms with van der Waals surface area (Å²) in [6.07, 6.45) is 4.72. The Hall–Kier alpha value is 0.204. The van der Waals surface area contributed by atoms with Crippen molar-refractivity contribution in [2.75, 3.05) is 0 Å². The number of hydrogen-bond acceptors (Lipinski definition) is 0. The molecule has 1 aliphatic carbocycles. The van der Waals surface area contributed by atoms with Gasteiger partial charge in [-0.15, -0.1) is 0 Å². The Morgan fingerprint density at radius 1 is 1.00 bits per heavy atom. The topological polar surface area (TPSA) is 0 Å². The Labute approximate surface area is 95.1 Å². The van der Waals surface area contributed by atoms with Crippen molar-refractivity contribution < 1.29 is 0 Å². The van der Waals surface area contributed by atoms with Crippen LogP contribution in [-0.4, -0.2) is 16.1 Å². The fourth-order valence-corrected chi connectivity index (χ4v) is 5.80. The summed E-state index contributed by atoms with van der Waals surface area (Å²) in [6, 6.07) is 0. The summed E-state index contributed by atoms with van der Waals surface area (Å²) in [5, 5.41) is 2.50. The largest absolute Gasteiger partial charge is 0.0848 e. The summed E-state index contributed by atoms with van der Waals surface area (Å²) in [7, 11) is -2.33. The highest BCUT2D eigenvalue weighted by atomic mass is 35.5. The predicted molar refractivity (Wildman–Crippen MR) is 72.5 cm³/mol. The van der Waals surface area contributed by atoms with Crippen LogP contribution in [0.25, 0.3) is 0 Å². The summed E-state index contributed by atoms with van der Waals surface area (Å²) in [6.45, 7) is 14.3. The highest BCUT2D eigenvalue weighted by Crippen LogP contribution is 2.40. The van der Waals surface area contributed by atoms with E-state index in [1.807, 2.05) is 0 Å². The molecular weight excluding hydrogens is 224 g/mol. The summed E-state index contributed by atoms with van der Waals surface area (Å²) < 4.78 is 0. The normalized spacial score (nSPS) is 23.5. The first kappa shape index (κ1) is 12.3. The lowest BCUT2D eigenvalue weighted by molar-refractivity contribution is 1.29. The van der Waals surface area contributed by atoms with E-state index in [-0.39, 0.29) is 0 Å². The molecule has 1 aliphatic rings. The first-order valence-electron chi connectivity index (χ1n) is 5.22. The molecule has 0 aliphatic heterocycles. The van der Waals surface area contributed by atoms with E-state index in [2.05, 4.69) is 51.4 Å². The van der Waals surface area contributed by atoms with E-state index in [1.165, 1.54) is 5.20 Å². The van der Waals surface area contributed by atoms with Crippen molar-refractivity contribution in [1.29, 1.82) is 0 Å². The maximum Gasteiger partial charge on any atom is 0.0791 e. The summed E-state index contributed by atoms with van der Waals surface area (Å²) in [5.74, 6) is 0. The molecule has 1 unspecified atom stereocenters. The molecule has 80 valence electrons. The molecule has 0 amide bonds. The third-order valence-corrected chi connectivity index (χ3v) is 7.61. The van der Waals surface area contributed by atoms with E-state index in [0.717, 1.165) is 5.03 Å². The SMILES string of the molecule is C[Si](C)(C)C1=CC([Si](C)(C)C)C=C1Cl. The Bertz CT molecular complexity index is 289. The third kappa shape index (κ3) is 2.61. The van der Waals surface area contributed by atoms with E-state index >= 15 is 0 Å². The molecule has 0 radical (unpaired) electrons. The molecule has 0 N–H and O–H groups in total. The predicted octanol–water partition coefficient (Wildman–Crippen LogP) is 4.63. The lowest BCUT2D eigenvalue weighted by atomic mass is 10.5. The molecule has 14 heavy (non-hydrogen) atoms. The summed E-state index contributed by atoms with van der Waals surface area (Å²) in [5.41, 5.74) is 0.650. The maximum atomic E-state index is 6.31. The zero-order valence-electron chi connectivity index (χ0n) is 10.1. The van der Waals surface area contributed by atoms with Gasteiger partial charge in [-0.05, 0) is 10.7 Å². The Kier molecular flexibility index (Phi) is 3.20. The molecule has 0 aromatic heterocycles. The van der Waals surface area contributed by atoms with Crippen LogP contribution in [0.3, 0.4) is 0 Å². The van der Waals surface area contributed by atoms with Gasteiger partial charge >= 0.3 is 0 Å². The van der Waals surface area contributed by atoms with Gasteiger partial charge in [-0.2, -0.15) is 0 Å². The van der Waals surface area contributed by atoms with Crippen molar-refractivity contribution in [3.63, 3.8) is 0 Å². The van der Waals surface area contributed by atoms with Crippen LogP contribution in [0.5, 0.6) is 0 Å². The molecule has 0 bridgehead atoms. The minimum Gasteiger partial charge on any atom is -0.0848 e. The Morgan fingerprint density at radius 3 is 1.71 bits per heavy atom. The molecule has 1 atom stereocenters. The van der Waals surface area contributed by atoms with Gasteiger partial charge in [-0.3, -0.25) is 0 Å². The van der Waals surface area contributed by atoms with E-state index in [1.54, 1.807) is 0 Å². The maximum absolute atomic E-state index is 6.31. The molecule has 0 saturated heterocycles. The third-order valence-electron chi connectivity index (χ3n) is 2.74. The van der Waals surface area contributed by atoms with Crippen LogP contribution in [0.1, 0.15) is 0 Å². The molecule has 0 nitrogen and oxygen atoms in total. The average Bonchev–Trinajstić information content (AvgIpc) is 2.27. The van der Waals surface area contributed by atoms with E-state index in [0.29, 0.717) is 5.54 Å². The van der Waals surface area contributed by atoms with Gasteiger partial charge < -0.3 is 0 Å². The first-order valence-corrected chi connectivity index (χ1v) is 12.7. The van der Waals surface area contributed by atoms with Crippen molar-refractivity contribution in [3.05, 3.63) is 22.4 Å². The Morgan fingerprint density at radius 2 is 1.50 bits per heavy atom. The number of rotatable bonds is 2. The van der Waals surface area contributed by atoms with Crippen LogP contribution in [0.2, 0.25) is 44.8 Å². The lowest BCUT2D eigenvalue weighted by Crippen LogP contribution is -2.26. The number of halogens is 1. The van der Waals surface area contributed by atoms with Crippen LogP contribution < -0.4 is 0 Å². The van der Waals surface area contributed by atoms with Crippen molar-refractivity contribution in [2.45, 2.75) is 44.8 Å². The van der Waals surface area contributed by atoms with Gasteiger partial charge in [-0.1, -0.05) is 63.0 Å². The highest BCUT2D eigenvalue weighted by Gasteiger charge is 2.32. The molecule has 0 heterocycles. The van der Waals surface area contributed by atoms with Crippen molar-refractivity contribution in [1.82, 2.24) is 0 Å². The molecule has 3 heteroatoms. The Balaban J connectivity index is 3.00. The molecule has 0 fully saturated rings. The fraction of sp³-hybridized carbons (Fsp3) is 0.636. The minimum absolute atomic E-state index is 0.650. The highest BCUT2D eigenvalue weighted by molar-refractivity contribution is 6.86. The van der Waals surface area contributed by atoms with Gasteiger partial charge in [0, 0.05) is 5.03 Å². The van der Waals surface area contributed by atoms with Crippen molar-refractivity contribution in [3.8, 4) is 0 Å². The van der Waals surface area contributed by atoms with E-state index in [9.17, 15) is 0 Å². The number of allylic oxidation sites excluding steroid dienone is 4. The first-order chi connectivity index (χ1) is 6.12. The summed E-state index contributed by atoms with van der Waals surface area (Å²) >= 11 is 6.31. The average molecular weight is 245 g/mol. The van der Waals surface area contributed by atoms with E-state index in [4.69, 9.17) is 11.6 Å². The van der Waals surface area contributed by atoms with Gasteiger partial charge in [-0.25, -0.2) is 0 Å². The fourth-order valence-electron chi connectivity index (χ4n) is 1.66. The molecule has 0 aromatic carbocycles. The molecular formula is C11H21ClSi2. The second kappa shape index (κ2) is 3.65. The quantitative estimate of drug-likeness (QED) is 0.621. The van der Waals surface area contributed by atoms with Crippen molar-refractivity contribution >= 4 is 27.7 Å². The van der Waals surface area contributed by atoms with Gasteiger partial charge in [0.05, 0.1) is 16.1 Å². The second-order valence-corrected chi connectivity index (χ2v) is 17.1. The molecule has 0 aromatic rings. The zero-order chi connectivity index (χ0) is 11.1. The molecule has 0 spiro atoms. The number of hydrogen-bond donors (Lipinski definition) is 0. The van der Waals surface area contributed by atoms with Gasteiger partial charge in [0.15, 0.2) is 0 Å². The van der Waals surface area contributed by atoms with Gasteiger partial charge in [0.25, 0.3) is 0 Å². The summed E-state index contributed by atoms with van der Waals surface area (Å²) in [4.78, 5) is 0. The van der Waals surface area contributed by atoms with Crippen molar-refractivity contribution in [2.24, 2.45) is 0 Å². The van der Waals surface area contributed by atoms with Gasteiger partial charge in [0.1, 0.15) is 0 Å². The zero-order valence-corrected chi connectivity index (χ0v) is 12.9. The standard InChI is InChI=1S/C11H21ClSi2/c1-13(2,3)9-7-10(12)11(8-9)14(4,5)6/h7-9H,1-6H3. The van der Waals surface area contributed by atoms with Crippen LogP contribution in [0.4, 0.5) is 0 Å². The van der Waals surface area contributed by atoms with Crippen LogP contribution in [0, 0.1) is 0 Å². The van der Waals surface area contributed by atoms with E-state index < -0.39 is 16.1 Å². The van der Waals surface area contributed by atoms with Crippen LogP contribution >= 0.6 is 11.6 Å². The second-order valence-electron chi connectivity index (χ2n) is 6.24. The van der Waals surface area contributed by atoms with Crippen LogP contribution in [-0.2, 0) is 0 Å².